The monoisotopic (exact) mass is 704 g/mol. The molecule has 276 valence electrons. The molecule has 2 fully saturated rings. The molecule has 0 saturated heterocycles. The molecule has 6 N–H and O–H groups in total. The van der Waals surface area contributed by atoms with Gasteiger partial charge in [0.25, 0.3) is 0 Å². The van der Waals surface area contributed by atoms with Gasteiger partial charge in [0, 0.05) is 23.7 Å². The van der Waals surface area contributed by atoms with Gasteiger partial charge in [0.15, 0.2) is 0 Å². The van der Waals surface area contributed by atoms with Gasteiger partial charge in [-0.15, -0.1) is 0 Å². The molecule has 0 amide bonds. The van der Waals surface area contributed by atoms with Crippen molar-refractivity contribution < 1.29 is 30.6 Å². The summed E-state index contributed by atoms with van der Waals surface area (Å²) in [6, 6.07) is 31.3. The van der Waals surface area contributed by atoms with E-state index in [1.165, 1.54) is 22.3 Å². The molecule has 8 atom stereocenters. The highest BCUT2D eigenvalue weighted by Crippen LogP contribution is 2.56. The Morgan fingerprint density at radius 3 is 1.29 bits per heavy atom. The molecule has 4 aromatic rings. The lowest BCUT2D eigenvalue weighted by atomic mass is 9.52. The van der Waals surface area contributed by atoms with Crippen molar-refractivity contribution in [1.82, 2.24) is 0 Å². The van der Waals surface area contributed by atoms with E-state index in [1.54, 1.807) is 12.1 Å². The zero-order chi connectivity index (χ0) is 36.7. The van der Waals surface area contributed by atoms with Crippen LogP contribution in [0.2, 0.25) is 0 Å². The summed E-state index contributed by atoms with van der Waals surface area (Å²) in [7, 11) is 0. The van der Waals surface area contributed by atoms with Crippen LogP contribution in [0.5, 0.6) is 11.5 Å². The Morgan fingerprint density at radius 2 is 0.923 bits per heavy atom. The number of aliphatic hydroxyl groups excluding tert-OH is 2. The summed E-state index contributed by atoms with van der Waals surface area (Å²) < 4.78 is 0. The predicted molar refractivity (Wildman–Crippen MR) is 204 cm³/mol. The lowest BCUT2D eigenvalue weighted by Crippen LogP contribution is -2.58. The van der Waals surface area contributed by atoms with Gasteiger partial charge in [-0.1, -0.05) is 86.6 Å². The summed E-state index contributed by atoms with van der Waals surface area (Å²) >= 11 is 0. The Bertz CT molecular complexity index is 1710. The molecule has 0 spiro atoms. The van der Waals surface area contributed by atoms with E-state index in [0.29, 0.717) is 61.9 Å². The van der Waals surface area contributed by atoms with Gasteiger partial charge in [-0.05, 0) is 134 Å². The minimum Gasteiger partial charge on any atom is -0.508 e. The number of hydrogen-bond donors (Lipinski definition) is 6. The number of hydrogen-bond acceptors (Lipinski definition) is 6. The van der Waals surface area contributed by atoms with E-state index in [4.69, 9.17) is 0 Å². The highest BCUT2D eigenvalue weighted by molar-refractivity contribution is 5.45. The first-order valence-electron chi connectivity index (χ1n) is 19.5. The van der Waals surface area contributed by atoms with Gasteiger partial charge in [0.05, 0.1) is 23.4 Å². The van der Waals surface area contributed by atoms with Crippen LogP contribution in [0.25, 0.3) is 0 Å². The summed E-state index contributed by atoms with van der Waals surface area (Å²) in [6.07, 6.45) is 7.60. The second-order valence-corrected chi connectivity index (χ2v) is 16.6. The van der Waals surface area contributed by atoms with Crippen molar-refractivity contribution in [2.24, 2.45) is 11.8 Å². The molecule has 2 saturated carbocycles. The maximum Gasteiger partial charge on any atom is 0.115 e. The molecular weight excluding hydrogens is 649 g/mol. The van der Waals surface area contributed by atoms with Crippen molar-refractivity contribution in [1.29, 1.82) is 0 Å². The smallest absolute Gasteiger partial charge is 0.115 e. The van der Waals surface area contributed by atoms with Crippen molar-refractivity contribution >= 4 is 0 Å². The number of phenolic OH excluding ortho intramolecular Hbond substituents is 2. The van der Waals surface area contributed by atoms with Crippen molar-refractivity contribution in [3.05, 3.63) is 130 Å². The van der Waals surface area contributed by atoms with E-state index in [0.717, 1.165) is 49.7 Å². The average Bonchev–Trinajstić information content (AvgIpc) is 3.13. The average molecular weight is 705 g/mol. The van der Waals surface area contributed by atoms with Gasteiger partial charge in [-0.2, -0.15) is 0 Å². The lowest BCUT2D eigenvalue weighted by molar-refractivity contribution is -0.139. The fourth-order valence-corrected chi connectivity index (χ4v) is 11.1. The van der Waals surface area contributed by atoms with Crippen LogP contribution in [-0.2, 0) is 36.5 Å². The molecule has 0 aliphatic heterocycles. The van der Waals surface area contributed by atoms with E-state index >= 15 is 0 Å². The first-order valence-corrected chi connectivity index (χ1v) is 19.5. The Morgan fingerprint density at radius 1 is 0.538 bits per heavy atom. The van der Waals surface area contributed by atoms with Crippen LogP contribution < -0.4 is 0 Å². The third kappa shape index (κ3) is 6.57. The molecule has 0 unspecified atom stereocenters. The number of aryl methyl sites for hydroxylation is 2. The molecule has 52 heavy (non-hydrogen) atoms. The standard InChI is InChI=1S/2C23H28O3/c2*1-2-22-15-21(25)23(26,13-16-6-4-3-5-7-16)14-18(22)9-8-17-12-19(24)10-11-20(17)22/h2*3-7,10-12,18,21,24-26H,2,8-9,13-15H2,1H3/t18-,21+,22-,23+;18-,21-,22-,23+/m11/s1. The van der Waals surface area contributed by atoms with Crippen LogP contribution in [0.1, 0.15) is 98.6 Å². The van der Waals surface area contributed by atoms with Crippen LogP contribution in [0.4, 0.5) is 0 Å². The fourth-order valence-electron chi connectivity index (χ4n) is 11.1. The van der Waals surface area contributed by atoms with E-state index in [1.807, 2.05) is 84.9 Å². The third-order valence-corrected chi connectivity index (χ3v) is 13.9. The summed E-state index contributed by atoms with van der Waals surface area (Å²) in [5.41, 5.74) is 4.70. The van der Waals surface area contributed by atoms with Crippen LogP contribution in [0, 0.1) is 11.8 Å². The molecule has 6 heteroatoms. The molecule has 0 bridgehead atoms. The first kappa shape index (κ1) is 36.7. The van der Waals surface area contributed by atoms with Crippen molar-refractivity contribution in [3.63, 3.8) is 0 Å². The van der Waals surface area contributed by atoms with Gasteiger partial charge < -0.3 is 30.6 Å². The predicted octanol–water partition coefficient (Wildman–Crippen LogP) is 7.46. The molecule has 4 aliphatic rings. The number of aliphatic hydroxyl groups is 4. The van der Waals surface area contributed by atoms with Crippen molar-refractivity contribution in [3.8, 4) is 11.5 Å². The SMILES string of the molecule is CC[C@@]12C[C@@H](O)[C@](O)(Cc3ccccc3)C[C@H]1CCc1cc(O)ccc12.CC[C@@]12C[C@H](O)[C@](O)(Cc3ccccc3)C[C@H]1CCc1cc(O)ccc12. The fraction of sp³-hybridized carbons (Fsp3) is 0.478. The third-order valence-electron chi connectivity index (χ3n) is 13.9. The van der Waals surface area contributed by atoms with E-state index in [-0.39, 0.29) is 10.8 Å². The molecule has 0 heterocycles. The zero-order valence-corrected chi connectivity index (χ0v) is 30.7. The summed E-state index contributed by atoms with van der Waals surface area (Å²) in [5.74, 6) is 1.32. The largest absolute Gasteiger partial charge is 0.508 e. The zero-order valence-electron chi connectivity index (χ0n) is 30.7. The highest BCUT2D eigenvalue weighted by atomic mass is 16.3. The molecule has 4 aliphatic carbocycles. The maximum atomic E-state index is 11.3. The van der Waals surface area contributed by atoms with Gasteiger partial charge >= 0.3 is 0 Å². The number of fused-ring (bicyclic) bond motifs is 6. The Kier molecular flexibility index (Phi) is 10.1. The Hall–Kier alpha value is -3.68. The van der Waals surface area contributed by atoms with E-state index in [9.17, 15) is 30.6 Å². The first-order chi connectivity index (χ1) is 24.9. The topological polar surface area (TPSA) is 121 Å². The lowest BCUT2D eigenvalue weighted by Gasteiger charge is -2.55. The van der Waals surface area contributed by atoms with Gasteiger partial charge in [-0.3, -0.25) is 0 Å². The summed E-state index contributed by atoms with van der Waals surface area (Å²) in [5, 5.41) is 64.4. The van der Waals surface area contributed by atoms with Crippen molar-refractivity contribution in [2.45, 2.75) is 125 Å². The molecule has 4 aromatic carbocycles. The van der Waals surface area contributed by atoms with Gasteiger partial charge in [0.2, 0.25) is 0 Å². The summed E-state index contributed by atoms with van der Waals surface area (Å²) in [4.78, 5) is 0. The normalized spacial score (nSPS) is 33.3. The molecule has 6 nitrogen and oxygen atoms in total. The van der Waals surface area contributed by atoms with Gasteiger partial charge in [-0.25, -0.2) is 0 Å². The highest BCUT2D eigenvalue weighted by Gasteiger charge is 2.56. The van der Waals surface area contributed by atoms with E-state index in [2.05, 4.69) is 13.8 Å². The number of aromatic hydroxyl groups is 2. The minimum atomic E-state index is -1.07. The maximum absolute atomic E-state index is 11.3. The minimum absolute atomic E-state index is 0.108. The summed E-state index contributed by atoms with van der Waals surface area (Å²) in [6.45, 7) is 4.37. The molecule has 8 rings (SSSR count). The van der Waals surface area contributed by atoms with Crippen LogP contribution in [0.3, 0.4) is 0 Å². The van der Waals surface area contributed by atoms with Gasteiger partial charge in [0.1, 0.15) is 11.5 Å². The number of benzene rings is 4. The number of phenols is 2. The Labute approximate surface area is 308 Å². The van der Waals surface area contributed by atoms with E-state index < -0.39 is 23.4 Å². The van der Waals surface area contributed by atoms with Crippen LogP contribution in [-0.4, -0.2) is 54.0 Å². The van der Waals surface area contributed by atoms with Crippen molar-refractivity contribution in [2.75, 3.05) is 0 Å². The quantitative estimate of drug-likeness (QED) is 0.124. The molecule has 0 aromatic heterocycles. The number of rotatable bonds is 6. The van der Waals surface area contributed by atoms with Crippen LogP contribution >= 0.6 is 0 Å². The molecule has 0 radical (unpaired) electrons. The Balaban J connectivity index is 0.000000162. The van der Waals surface area contributed by atoms with Crippen LogP contribution in [0.15, 0.2) is 97.1 Å². The molecular formula is C46H56O6. The second kappa shape index (κ2) is 14.3. The second-order valence-electron chi connectivity index (χ2n) is 16.6.